The van der Waals surface area contributed by atoms with E-state index in [0.717, 1.165) is 0 Å². The van der Waals surface area contributed by atoms with Crippen LogP contribution in [0.5, 0.6) is 0 Å². The van der Waals surface area contributed by atoms with Gasteiger partial charge in [-0.25, -0.2) is 19.5 Å². The van der Waals surface area contributed by atoms with Gasteiger partial charge in [-0.15, -0.1) is 0 Å². The molecule has 0 aliphatic heterocycles. The van der Waals surface area contributed by atoms with Crippen molar-refractivity contribution in [3.8, 4) is 0 Å². The molecular formula is C10H12N5O6P. The van der Waals surface area contributed by atoms with Gasteiger partial charge in [-0.2, -0.15) is 0 Å². The Morgan fingerprint density at radius 2 is 2.18 bits per heavy atom. The highest BCUT2D eigenvalue weighted by atomic mass is 31.2. The quantitative estimate of drug-likeness (QED) is 0.468. The smallest absolute Gasteiger partial charge is 0.382 e. The van der Waals surface area contributed by atoms with Crippen LogP contribution in [0.4, 0.5) is 5.82 Å². The first kappa shape index (κ1) is 16.2. The normalized spacial score (nSPS) is 13.9. The van der Waals surface area contributed by atoms with E-state index in [0.29, 0.717) is 11.2 Å². The summed E-state index contributed by atoms with van der Waals surface area (Å²) in [5.74, 6) is -0.352. The Balaban J connectivity index is 1.98. The van der Waals surface area contributed by atoms with Gasteiger partial charge in [0.1, 0.15) is 31.3 Å². The fraction of sp³-hybridized carbons (Fsp3) is 0.300. The van der Waals surface area contributed by atoms with Gasteiger partial charge in [0, 0.05) is 0 Å². The minimum Gasteiger partial charge on any atom is -0.382 e. The summed E-state index contributed by atoms with van der Waals surface area (Å²) in [5, 5.41) is 0. The zero-order chi connectivity index (χ0) is 16.2. The minimum atomic E-state index is -4.43. The van der Waals surface area contributed by atoms with E-state index in [2.05, 4.69) is 24.0 Å². The molecule has 0 aromatic carbocycles. The van der Waals surface area contributed by atoms with E-state index in [4.69, 9.17) is 5.73 Å². The summed E-state index contributed by atoms with van der Waals surface area (Å²) in [5.41, 5.74) is 6.31. The van der Waals surface area contributed by atoms with Crippen LogP contribution in [0.2, 0.25) is 0 Å². The van der Waals surface area contributed by atoms with Gasteiger partial charge in [-0.1, -0.05) is 0 Å². The molecule has 0 amide bonds. The number of nitrogens with zero attached hydrogens (tertiary/aromatic N) is 4. The van der Waals surface area contributed by atoms with E-state index in [-0.39, 0.29) is 18.6 Å². The molecule has 0 saturated carbocycles. The predicted octanol–water partition coefficient (Wildman–Crippen LogP) is -0.690. The predicted molar refractivity (Wildman–Crippen MR) is 72.5 cm³/mol. The molecule has 0 saturated heterocycles. The molecule has 118 valence electrons. The Hall–Kier alpha value is -2.20. The van der Waals surface area contributed by atoms with Crippen molar-refractivity contribution in [1.82, 2.24) is 19.5 Å². The summed E-state index contributed by atoms with van der Waals surface area (Å²) in [7, 11) is -4.43. The second-order valence-electron chi connectivity index (χ2n) is 4.05. The maximum absolute atomic E-state index is 11.8. The first-order valence-electron chi connectivity index (χ1n) is 5.91. The molecule has 1 unspecified atom stereocenters. The highest BCUT2D eigenvalue weighted by Gasteiger charge is 2.22. The molecule has 1 atom stereocenters. The van der Waals surface area contributed by atoms with Crippen LogP contribution in [0.15, 0.2) is 12.7 Å². The molecule has 11 nitrogen and oxygen atoms in total. The lowest BCUT2D eigenvalue weighted by Crippen LogP contribution is -2.15. The number of phosphoric ester groups is 1. The van der Waals surface area contributed by atoms with Gasteiger partial charge in [0.2, 0.25) is 0 Å². The summed E-state index contributed by atoms with van der Waals surface area (Å²) >= 11 is 0. The Kier molecular flexibility index (Phi) is 4.93. The highest BCUT2D eigenvalue weighted by Crippen LogP contribution is 2.42. The summed E-state index contributed by atoms with van der Waals surface area (Å²) in [4.78, 5) is 42.7. The lowest BCUT2D eigenvalue weighted by Gasteiger charge is -2.10. The first-order chi connectivity index (χ1) is 10.4. The number of nitrogen functional groups attached to an aromatic ring is 1. The van der Waals surface area contributed by atoms with Crippen LogP contribution in [-0.4, -0.2) is 49.7 Å². The third kappa shape index (κ3) is 3.92. The molecule has 0 bridgehead atoms. The number of carbonyl (C=O) groups excluding carboxylic acids is 2. The average Bonchev–Trinajstić information content (AvgIpc) is 2.88. The van der Waals surface area contributed by atoms with Crippen LogP contribution < -0.4 is 5.73 Å². The maximum Gasteiger partial charge on any atom is 0.473 e. The maximum atomic E-state index is 11.8. The number of Topliss-reactive ketones (excluding diaryl/α,β-unsaturated/α-hetero) is 1. The number of phosphoric acid groups is 1. The zero-order valence-corrected chi connectivity index (χ0v) is 12.0. The van der Waals surface area contributed by atoms with Gasteiger partial charge in [-0.05, 0) is 0 Å². The molecule has 0 fully saturated rings. The van der Waals surface area contributed by atoms with Crippen LogP contribution in [0.25, 0.3) is 11.2 Å². The van der Waals surface area contributed by atoms with Gasteiger partial charge in [0.15, 0.2) is 17.2 Å². The standard InChI is InChI=1S/C10H12N5O6P/c11-9-8-10(13-5-12-9)15(6-14-8)3-7(17)4-21-22(18,19)20-2-1-16/h1,5-6H,2-4H2,(H,18,19)(H2,11,12,13). The number of aldehydes is 1. The van der Waals surface area contributed by atoms with Crippen LogP contribution in [-0.2, 0) is 29.7 Å². The van der Waals surface area contributed by atoms with Crippen molar-refractivity contribution in [3.05, 3.63) is 12.7 Å². The summed E-state index contributed by atoms with van der Waals surface area (Å²) in [6, 6.07) is 0. The number of ketones is 1. The largest absolute Gasteiger partial charge is 0.473 e. The monoisotopic (exact) mass is 329 g/mol. The van der Waals surface area contributed by atoms with Crippen LogP contribution in [0.3, 0.4) is 0 Å². The number of hydrogen-bond donors (Lipinski definition) is 2. The number of aromatic nitrogens is 4. The van der Waals surface area contributed by atoms with E-state index >= 15 is 0 Å². The fourth-order valence-electron chi connectivity index (χ4n) is 1.57. The molecule has 0 radical (unpaired) electrons. The van der Waals surface area contributed by atoms with Gasteiger partial charge < -0.3 is 20.0 Å². The SMILES string of the molecule is Nc1ncnc2c1ncn2CC(=O)COP(=O)(O)OCC=O. The number of nitrogens with two attached hydrogens (primary N) is 1. The van der Waals surface area contributed by atoms with Crippen molar-refractivity contribution >= 4 is 36.9 Å². The summed E-state index contributed by atoms with van der Waals surface area (Å²) < 4.78 is 21.4. The highest BCUT2D eigenvalue weighted by molar-refractivity contribution is 7.47. The second-order valence-corrected chi connectivity index (χ2v) is 5.50. The van der Waals surface area contributed by atoms with Crippen molar-refractivity contribution in [2.24, 2.45) is 0 Å². The molecule has 3 N–H and O–H groups in total. The van der Waals surface area contributed by atoms with E-state index in [1.165, 1.54) is 17.2 Å². The topological polar surface area (TPSA) is 160 Å². The van der Waals surface area contributed by atoms with E-state index in [1.54, 1.807) is 0 Å². The van der Waals surface area contributed by atoms with Crippen molar-refractivity contribution in [1.29, 1.82) is 0 Å². The minimum absolute atomic E-state index is 0.176. The third-order valence-corrected chi connectivity index (χ3v) is 3.40. The molecule has 22 heavy (non-hydrogen) atoms. The molecule has 0 spiro atoms. The van der Waals surface area contributed by atoms with E-state index in [9.17, 15) is 19.0 Å². The zero-order valence-electron chi connectivity index (χ0n) is 11.2. The van der Waals surface area contributed by atoms with Crippen molar-refractivity contribution < 1.29 is 28.1 Å². The Morgan fingerprint density at radius 1 is 1.41 bits per heavy atom. The second kappa shape index (κ2) is 6.71. The molecule has 0 aliphatic rings. The van der Waals surface area contributed by atoms with Crippen LogP contribution in [0, 0.1) is 0 Å². The van der Waals surface area contributed by atoms with Crippen molar-refractivity contribution in [3.63, 3.8) is 0 Å². The number of anilines is 1. The van der Waals surface area contributed by atoms with Crippen molar-refractivity contribution in [2.45, 2.75) is 6.54 Å². The Labute approximate surface area is 123 Å². The summed E-state index contributed by atoms with van der Waals surface area (Å²) in [6.45, 7) is -1.47. The number of carbonyl (C=O) groups is 2. The lowest BCUT2D eigenvalue weighted by molar-refractivity contribution is -0.122. The first-order valence-corrected chi connectivity index (χ1v) is 7.41. The molecule has 2 heterocycles. The third-order valence-electron chi connectivity index (χ3n) is 2.47. The lowest BCUT2D eigenvalue weighted by atomic mass is 10.4. The number of fused-ring (bicyclic) bond motifs is 1. The van der Waals surface area contributed by atoms with Gasteiger partial charge in [0.25, 0.3) is 0 Å². The number of hydrogen-bond acceptors (Lipinski definition) is 9. The molecule has 0 aliphatic carbocycles. The number of rotatable bonds is 8. The van der Waals surface area contributed by atoms with Crippen LogP contribution >= 0.6 is 7.82 Å². The van der Waals surface area contributed by atoms with Crippen LogP contribution in [0.1, 0.15) is 0 Å². The summed E-state index contributed by atoms with van der Waals surface area (Å²) in [6.07, 6.45) is 2.86. The number of imidazole rings is 1. The average molecular weight is 329 g/mol. The van der Waals surface area contributed by atoms with Gasteiger partial charge in [0.05, 0.1) is 12.9 Å². The molecule has 2 aromatic rings. The van der Waals surface area contributed by atoms with Gasteiger partial charge >= 0.3 is 7.82 Å². The molecule has 2 rings (SSSR count). The fourth-order valence-corrected chi connectivity index (χ4v) is 2.20. The Morgan fingerprint density at radius 3 is 2.91 bits per heavy atom. The molecule has 12 heteroatoms. The van der Waals surface area contributed by atoms with Gasteiger partial charge in [-0.3, -0.25) is 13.8 Å². The Bertz CT molecular complexity index is 746. The molecular weight excluding hydrogens is 317 g/mol. The van der Waals surface area contributed by atoms with Crippen molar-refractivity contribution in [2.75, 3.05) is 18.9 Å². The van der Waals surface area contributed by atoms with E-state index in [1.807, 2.05) is 0 Å². The molecule has 2 aromatic heterocycles. The van der Waals surface area contributed by atoms with E-state index < -0.39 is 26.8 Å².